The van der Waals surface area contributed by atoms with E-state index in [4.69, 9.17) is 0 Å². The van der Waals surface area contributed by atoms with Gasteiger partial charge in [0.05, 0.1) is 17.7 Å². The van der Waals surface area contributed by atoms with Crippen molar-refractivity contribution in [1.82, 2.24) is 19.7 Å². The van der Waals surface area contributed by atoms with E-state index in [1.54, 1.807) is 10.9 Å². The highest BCUT2D eigenvalue weighted by atomic mass is 16.3. The zero-order valence-electron chi connectivity index (χ0n) is 8.33. The molecule has 0 amide bonds. The first kappa shape index (κ1) is 8.60. The third-order valence-electron chi connectivity index (χ3n) is 2.67. The molecular formula is C9H11N5O. The number of aryl methyl sites for hydroxylation is 1. The van der Waals surface area contributed by atoms with Crippen molar-refractivity contribution in [2.24, 2.45) is 7.05 Å². The third kappa shape index (κ3) is 1.18. The standard InChI is InChI=1S/C9H11N5O/c1-13-8-7(2-12-13)9(11-5-10-8)14-3-6(15)4-14/h2,5-6,15H,3-4H2,1H3. The van der Waals surface area contributed by atoms with Gasteiger partial charge in [-0.15, -0.1) is 0 Å². The molecule has 0 saturated carbocycles. The molecule has 3 heterocycles. The van der Waals surface area contributed by atoms with Crippen LogP contribution in [0.4, 0.5) is 5.82 Å². The summed E-state index contributed by atoms with van der Waals surface area (Å²) in [5.41, 5.74) is 0.821. The molecule has 2 aromatic rings. The largest absolute Gasteiger partial charge is 0.389 e. The number of nitrogens with zero attached hydrogens (tertiary/aromatic N) is 5. The van der Waals surface area contributed by atoms with Gasteiger partial charge in [0.25, 0.3) is 0 Å². The van der Waals surface area contributed by atoms with Crippen molar-refractivity contribution >= 4 is 16.9 Å². The van der Waals surface area contributed by atoms with Gasteiger partial charge in [-0.1, -0.05) is 0 Å². The van der Waals surface area contributed by atoms with Gasteiger partial charge >= 0.3 is 0 Å². The van der Waals surface area contributed by atoms with E-state index in [2.05, 4.69) is 15.1 Å². The third-order valence-corrected chi connectivity index (χ3v) is 2.67. The van der Waals surface area contributed by atoms with Crippen molar-refractivity contribution < 1.29 is 5.11 Å². The molecule has 78 valence electrons. The van der Waals surface area contributed by atoms with Gasteiger partial charge in [-0.05, 0) is 0 Å². The summed E-state index contributed by atoms with van der Waals surface area (Å²) < 4.78 is 1.72. The minimum absolute atomic E-state index is 0.230. The summed E-state index contributed by atoms with van der Waals surface area (Å²) in [7, 11) is 1.85. The molecule has 1 aliphatic heterocycles. The Morgan fingerprint density at radius 2 is 2.20 bits per heavy atom. The number of hydrogen-bond acceptors (Lipinski definition) is 5. The van der Waals surface area contributed by atoms with Crippen LogP contribution in [0.3, 0.4) is 0 Å². The smallest absolute Gasteiger partial charge is 0.163 e. The maximum absolute atomic E-state index is 9.25. The average molecular weight is 205 g/mol. The van der Waals surface area contributed by atoms with Crippen LogP contribution in [0.5, 0.6) is 0 Å². The zero-order chi connectivity index (χ0) is 10.4. The van der Waals surface area contributed by atoms with Crippen LogP contribution >= 0.6 is 0 Å². The summed E-state index contributed by atoms with van der Waals surface area (Å²) >= 11 is 0. The number of aliphatic hydroxyl groups is 1. The highest BCUT2D eigenvalue weighted by Crippen LogP contribution is 2.25. The molecule has 6 nitrogen and oxygen atoms in total. The van der Waals surface area contributed by atoms with Gasteiger partial charge in [0.1, 0.15) is 12.1 Å². The fraction of sp³-hybridized carbons (Fsp3) is 0.444. The molecule has 1 N–H and O–H groups in total. The number of aromatic nitrogens is 4. The highest BCUT2D eigenvalue weighted by Gasteiger charge is 2.27. The summed E-state index contributed by atoms with van der Waals surface area (Å²) in [5, 5.41) is 14.3. The van der Waals surface area contributed by atoms with E-state index >= 15 is 0 Å². The van der Waals surface area contributed by atoms with E-state index in [1.165, 1.54) is 6.33 Å². The van der Waals surface area contributed by atoms with Crippen molar-refractivity contribution in [3.05, 3.63) is 12.5 Å². The summed E-state index contributed by atoms with van der Waals surface area (Å²) in [6.07, 6.45) is 3.06. The fourth-order valence-corrected chi connectivity index (χ4v) is 1.83. The molecule has 1 aliphatic rings. The van der Waals surface area contributed by atoms with E-state index < -0.39 is 0 Å². The average Bonchev–Trinajstić information content (AvgIpc) is 2.56. The van der Waals surface area contributed by atoms with Crippen LogP contribution in [0.15, 0.2) is 12.5 Å². The Kier molecular flexibility index (Phi) is 1.66. The highest BCUT2D eigenvalue weighted by molar-refractivity contribution is 5.86. The lowest BCUT2D eigenvalue weighted by molar-refractivity contribution is 0.141. The first-order chi connectivity index (χ1) is 7.25. The van der Waals surface area contributed by atoms with Crippen LogP contribution in [0.25, 0.3) is 11.0 Å². The van der Waals surface area contributed by atoms with Crippen LogP contribution in [-0.2, 0) is 7.05 Å². The predicted octanol–water partition coefficient (Wildman–Crippen LogP) is -0.456. The Morgan fingerprint density at radius 1 is 1.40 bits per heavy atom. The summed E-state index contributed by atoms with van der Waals surface area (Å²) in [5.74, 6) is 0.860. The van der Waals surface area contributed by atoms with E-state index in [1.807, 2.05) is 11.9 Å². The Hall–Kier alpha value is -1.69. The fourth-order valence-electron chi connectivity index (χ4n) is 1.83. The quantitative estimate of drug-likeness (QED) is 0.682. The normalized spacial score (nSPS) is 17.1. The van der Waals surface area contributed by atoms with Crippen LogP contribution in [0.1, 0.15) is 0 Å². The monoisotopic (exact) mass is 205 g/mol. The van der Waals surface area contributed by atoms with Crippen LogP contribution < -0.4 is 4.90 Å². The SMILES string of the molecule is Cn1ncc2c(N3CC(O)C3)ncnc21. The molecule has 3 rings (SSSR count). The molecule has 0 bridgehead atoms. The molecular weight excluding hydrogens is 194 g/mol. The Balaban J connectivity index is 2.10. The van der Waals surface area contributed by atoms with E-state index in [0.29, 0.717) is 13.1 Å². The van der Waals surface area contributed by atoms with Crippen molar-refractivity contribution in [1.29, 1.82) is 0 Å². The maximum Gasteiger partial charge on any atom is 0.163 e. The first-order valence-electron chi connectivity index (χ1n) is 4.81. The number of hydrogen-bond donors (Lipinski definition) is 1. The number of rotatable bonds is 1. The molecule has 0 atom stereocenters. The molecule has 0 radical (unpaired) electrons. The lowest BCUT2D eigenvalue weighted by Crippen LogP contribution is -2.51. The Labute approximate surface area is 86.2 Å². The molecule has 6 heteroatoms. The Morgan fingerprint density at radius 3 is 2.93 bits per heavy atom. The lowest BCUT2D eigenvalue weighted by Gasteiger charge is -2.36. The molecule has 0 aliphatic carbocycles. The second-order valence-electron chi connectivity index (χ2n) is 3.76. The van der Waals surface area contributed by atoms with Gasteiger partial charge in [-0.3, -0.25) is 4.68 Å². The van der Waals surface area contributed by atoms with E-state index in [-0.39, 0.29) is 6.10 Å². The molecule has 1 saturated heterocycles. The minimum atomic E-state index is -0.230. The van der Waals surface area contributed by atoms with Gasteiger partial charge in [-0.2, -0.15) is 5.10 Å². The lowest BCUT2D eigenvalue weighted by atomic mass is 10.1. The van der Waals surface area contributed by atoms with E-state index in [9.17, 15) is 5.11 Å². The number of anilines is 1. The van der Waals surface area contributed by atoms with Crippen molar-refractivity contribution in [2.75, 3.05) is 18.0 Å². The van der Waals surface area contributed by atoms with Crippen LogP contribution in [0.2, 0.25) is 0 Å². The van der Waals surface area contributed by atoms with Gasteiger partial charge in [0.15, 0.2) is 5.65 Å². The van der Waals surface area contributed by atoms with Crippen molar-refractivity contribution in [3.8, 4) is 0 Å². The second kappa shape index (κ2) is 2.90. The number of fused-ring (bicyclic) bond motifs is 1. The van der Waals surface area contributed by atoms with Crippen LogP contribution in [0, 0.1) is 0 Å². The van der Waals surface area contributed by atoms with Crippen LogP contribution in [-0.4, -0.2) is 44.0 Å². The summed E-state index contributed by atoms with van der Waals surface area (Å²) in [6, 6.07) is 0. The van der Waals surface area contributed by atoms with Crippen molar-refractivity contribution in [3.63, 3.8) is 0 Å². The molecule has 1 fully saturated rings. The zero-order valence-corrected chi connectivity index (χ0v) is 8.33. The van der Waals surface area contributed by atoms with Gasteiger partial charge in [0.2, 0.25) is 0 Å². The second-order valence-corrected chi connectivity index (χ2v) is 3.76. The Bertz CT molecular complexity index is 502. The maximum atomic E-state index is 9.25. The molecule has 2 aromatic heterocycles. The summed E-state index contributed by atoms with van der Waals surface area (Å²) in [4.78, 5) is 10.4. The molecule has 0 aromatic carbocycles. The van der Waals surface area contributed by atoms with Crippen molar-refractivity contribution in [2.45, 2.75) is 6.10 Å². The number of aliphatic hydroxyl groups excluding tert-OH is 1. The molecule has 0 unspecified atom stereocenters. The topological polar surface area (TPSA) is 67.1 Å². The molecule has 15 heavy (non-hydrogen) atoms. The van der Waals surface area contributed by atoms with Gasteiger partial charge in [0, 0.05) is 20.1 Å². The van der Waals surface area contributed by atoms with Gasteiger partial charge in [-0.25, -0.2) is 9.97 Å². The number of β-amino-alcohol motifs (C(OH)–C–C–N with tert-alkyl or cyclic N) is 1. The van der Waals surface area contributed by atoms with E-state index in [0.717, 1.165) is 16.9 Å². The predicted molar refractivity (Wildman–Crippen MR) is 54.5 cm³/mol. The minimum Gasteiger partial charge on any atom is -0.389 e. The van der Waals surface area contributed by atoms with Gasteiger partial charge < -0.3 is 10.0 Å². The molecule has 0 spiro atoms. The summed E-state index contributed by atoms with van der Waals surface area (Å²) in [6.45, 7) is 1.28. The first-order valence-corrected chi connectivity index (χ1v) is 4.81.